The van der Waals surface area contributed by atoms with Gasteiger partial charge in [0.1, 0.15) is 0 Å². The molecule has 1 fully saturated rings. The number of nitrogens with zero attached hydrogens (tertiary/aromatic N) is 1. The summed E-state index contributed by atoms with van der Waals surface area (Å²) in [6, 6.07) is 0.728. The summed E-state index contributed by atoms with van der Waals surface area (Å²) in [5.41, 5.74) is 0.0753. The van der Waals surface area contributed by atoms with E-state index < -0.39 is 0 Å². The van der Waals surface area contributed by atoms with Gasteiger partial charge in [-0.2, -0.15) is 0 Å². The summed E-state index contributed by atoms with van der Waals surface area (Å²) < 4.78 is 0. The average molecular weight is 227 g/mol. The van der Waals surface area contributed by atoms with Gasteiger partial charge in [-0.1, -0.05) is 33.6 Å². The molecule has 0 saturated heterocycles. The molecule has 0 bridgehead atoms. The highest BCUT2D eigenvalue weighted by Gasteiger charge is 2.30. The van der Waals surface area contributed by atoms with Gasteiger partial charge in [0, 0.05) is 24.6 Å². The van der Waals surface area contributed by atoms with Crippen molar-refractivity contribution in [1.82, 2.24) is 4.90 Å². The van der Waals surface area contributed by atoms with Crippen LogP contribution in [0.2, 0.25) is 0 Å². The van der Waals surface area contributed by atoms with Gasteiger partial charge < -0.3 is 10.0 Å². The van der Waals surface area contributed by atoms with Crippen molar-refractivity contribution in [2.24, 2.45) is 11.3 Å². The van der Waals surface area contributed by atoms with Gasteiger partial charge in [-0.25, -0.2) is 0 Å². The zero-order valence-electron chi connectivity index (χ0n) is 11.5. The highest BCUT2D eigenvalue weighted by molar-refractivity contribution is 4.83. The summed E-state index contributed by atoms with van der Waals surface area (Å²) in [5, 5.41) is 9.47. The molecule has 2 heteroatoms. The van der Waals surface area contributed by atoms with Crippen LogP contribution in [0.15, 0.2) is 0 Å². The molecule has 1 aliphatic carbocycles. The molecule has 0 aromatic rings. The molecule has 1 N–H and O–H groups in total. The van der Waals surface area contributed by atoms with E-state index in [4.69, 9.17) is 0 Å². The molecular formula is C14H29NO. The van der Waals surface area contributed by atoms with Crippen LogP contribution in [0.4, 0.5) is 0 Å². The van der Waals surface area contributed by atoms with E-state index in [1.54, 1.807) is 0 Å². The van der Waals surface area contributed by atoms with E-state index in [2.05, 4.69) is 32.7 Å². The third-order valence-electron chi connectivity index (χ3n) is 4.50. The van der Waals surface area contributed by atoms with Crippen LogP contribution in [-0.2, 0) is 0 Å². The molecule has 0 radical (unpaired) electrons. The molecule has 96 valence electrons. The van der Waals surface area contributed by atoms with E-state index in [1.807, 2.05) is 0 Å². The number of rotatable bonds is 5. The van der Waals surface area contributed by atoms with Gasteiger partial charge in [0.2, 0.25) is 0 Å². The molecule has 0 spiro atoms. The Bertz CT molecular complexity index is 201. The Morgan fingerprint density at radius 2 is 1.94 bits per heavy atom. The summed E-state index contributed by atoms with van der Waals surface area (Å²) in [6.45, 7) is 8.07. The smallest absolute Gasteiger partial charge is 0.0496 e. The molecule has 1 rings (SSSR count). The van der Waals surface area contributed by atoms with E-state index in [0.717, 1.165) is 24.9 Å². The predicted octanol–water partition coefficient (Wildman–Crippen LogP) is 2.91. The molecule has 2 nitrogen and oxygen atoms in total. The van der Waals surface area contributed by atoms with Crippen molar-refractivity contribution in [3.8, 4) is 0 Å². The zero-order chi connectivity index (χ0) is 12.2. The van der Waals surface area contributed by atoms with Gasteiger partial charge in [-0.3, -0.25) is 0 Å². The number of aliphatic hydroxyl groups excluding tert-OH is 1. The highest BCUT2D eigenvalue weighted by atomic mass is 16.3. The molecule has 16 heavy (non-hydrogen) atoms. The normalized spacial score (nSPS) is 30.4. The maximum atomic E-state index is 9.47. The topological polar surface area (TPSA) is 23.5 Å². The standard InChI is InChI=1S/C14H29NO/c1-5-14(3,11-16)10-15(4)13-9-7-6-8-12(13)2/h12-13,16H,5-11H2,1-4H3. The lowest BCUT2D eigenvalue weighted by atomic mass is 9.82. The Hall–Kier alpha value is -0.0800. The van der Waals surface area contributed by atoms with Crippen molar-refractivity contribution in [3.63, 3.8) is 0 Å². The van der Waals surface area contributed by atoms with Crippen LogP contribution >= 0.6 is 0 Å². The summed E-state index contributed by atoms with van der Waals surface area (Å²) in [5.74, 6) is 0.818. The van der Waals surface area contributed by atoms with Gasteiger partial charge >= 0.3 is 0 Å². The van der Waals surface area contributed by atoms with Crippen molar-refractivity contribution in [2.45, 2.75) is 58.9 Å². The minimum Gasteiger partial charge on any atom is -0.396 e. The van der Waals surface area contributed by atoms with Crippen molar-refractivity contribution < 1.29 is 5.11 Å². The van der Waals surface area contributed by atoms with Crippen LogP contribution in [-0.4, -0.2) is 36.2 Å². The van der Waals surface area contributed by atoms with E-state index >= 15 is 0 Å². The third-order valence-corrected chi connectivity index (χ3v) is 4.50. The van der Waals surface area contributed by atoms with E-state index in [9.17, 15) is 5.11 Å². The van der Waals surface area contributed by atoms with Gasteiger partial charge in [0.25, 0.3) is 0 Å². The molecule has 1 saturated carbocycles. The van der Waals surface area contributed by atoms with Crippen LogP contribution in [0.5, 0.6) is 0 Å². The minimum absolute atomic E-state index is 0.0753. The first-order valence-electron chi connectivity index (χ1n) is 6.83. The zero-order valence-corrected chi connectivity index (χ0v) is 11.5. The van der Waals surface area contributed by atoms with Crippen molar-refractivity contribution in [3.05, 3.63) is 0 Å². The molecule has 0 heterocycles. The fraction of sp³-hybridized carbons (Fsp3) is 1.00. The van der Waals surface area contributed by atoms with Crippen molar-refractivity contribution in [2.75, 3.05) is 20.2 Å². The first-order chi connectivity index (χ1) is 7.52. The van der Waals surface area contributed by atoms with Crippen LogP contribution in [0.1, 0.15) is 52.9 Å². The lowest BCUT2D eigenvalue weighted by molar-refractivity contribution is 0.0518. The third kappa shape index (κ3) is 3.46. The molecule has 0 aliphatic heterocycles. The van der Waals surface area contributed by atoms with E-state index in [-0.39, 0.29) is 5.41 Å². The molecule has 0 aromatic carbocycles. The molecular weight excluding hydrogens is 198 g/mol. The maximum Gasteiger partial charge on any atom is 0.0496 e. The SMILES string of the molecule is CCC(C)(CO)CN(C)C1CCCCC1C. The summed E-state index contributed by atoms with van der Waals surface area (Å²) in [6.07, 6.45) is 6.53. The second-order valence-electron chi connectivity index (χ2n) is 6.07. The van der Waals surface area contributed by atoms with Crippen LogP contribution < -0.4 is 0 Å². The molecule has 1 aliphatic rings. The molecule has 3 atom stereocenters. The van der Waals surface area contributed by atoms with E-state index in [0.29, 0.717) is 6.61 Å². The monoisotopic (exact) mass is 227 g/mol. The predicted molar refractivity (Wildman–Crippen MR) is 69.5 cm³/mol. The van der Waals surface area contributed by atoms with Crippen molar-refractivity contribution in [1.29, 1.82) is 0 Å². The Morgan fingerprint density at radius 1 is 1.31 bits per heavy atom. The fourth-order valence-corrected chi connectivity index (χ4v) is 2.94. The lowest BCUT2D eigenvalue weighted by Crippen LogP contribution is -2.45. The molecule has 3 unspecified atom stereocenters. The van der Waals surface area contributed by atoms with Crippen LogP contribution in [0.25, 0.3) is 0 Å². The Labute approximate surface area is 101 Å². The summed E-state index contributed by atoms with van der Waals surface area (Å²) in [4.78, 5) is 2.49. The van der Waals surface area contributed by atoms with Gasteiger partial charge in [-0.05, 0) is 32.2 Å². The van der Waals surface area contributed by atoms with Gasteiger partial charge in [-0.15, -0.1) is 0 Å². The van der Waals surface area contributed by atoms with E-state index in [1.165, 1.54) is 25.7 Å². The van der Waals surface area contributed by atoms with Crippen LogP contribution in [0.3, 0.4) is 0 Å². The first-order valence-corrected chi connectivity index (χ1v) is 6.83. The summed E-state index contributed by atoms with van der Waals surface area (Å²) >= 11 is 0. The fourth-order valence-electron chi connectivity index (χ4n) is 2.94. The average Bonchev–Trinajstić information content (AvgIpc) is 2.29. The number of aliphatic hydroxyl groups is 1. The van der Waals surface area contributed by atoms with Crippen LogP contribution in [0, 0.1) is 11.3 Å². The second-order valence-corrected chi connectivity index (χ2v) is 6.07. The Kier molecular flexibility index (Phi) is 5.26. The Balaban J connectivity index is 2.52. The molecule has 0 amide bonds. The van der Waals surface area contributed by atoms with Gasteiger partial charge in [0.05, 0.1) is 0 Å². The maximum absolute atomic E-state index is 9.47. The second kappa shape index (κ2) is 6.02. The molecule has 0 aromatic heterocycles. The highest BCUT2D eigenvalue weighted by Crippen LogP contribution is 2.30. The number of hydrogen-bond acceptors (Lipinski definition) is 2. The largest absolute Gasteiger partial charge is 0.396 e. The first kappa shape index (κ1) is 14.0. The minimum atomic E-state index is 0.0753. The lowest BCUT2D eigenvalue weighted by Gasteiger charge is -2.40. The quantitative estimate of drug-likeness (QED) is 0.780. The van der Waals surface area contributed by atoms with Gasteiger partial charge in [0.15, 0.2) is 0 Å². The Morgan fingerprint density at radius 3 is 2.44 bits per heavy atom. The number of hydrogen-bond donors (Lipinski definition) is 1. The van der Waals surface area contributed by atoms with Crippen molar-refractivity contribution >= 4 is 0 Å². The summed E-state index contributed by atoms with van der Waals surface area (Å²) in [7, 11) is 2.23.